The van der Waals surface area contributed by atoms with Gasteiger partial charge < -0.3 is 4.57 Å². The number of allylic oxidation sites excluding steroid dienone is 8. The van der Waals surface area contributed by atoms with E-state index in [4.69, 9.17) is 0 Å². The average Bonchev–Trinajstić information content (AvgIpc) is 3.47. The Balaban J connectivity index is 1.33. The maximum atomic E-state index is 4.62. The summed E-state index contributed by atoms with van der Waals surface area (Å²) in [5.41, 5.74) is 18.7. The molecule has 10 rings (SSSR count). The summed E-state index contributed by atoms with van der Waals surface area (Å²) in [6.07, 6.45) is 19.2. The van der Waals surface area contributed by atoms with Crippen molar-refractivity contribution in [1.82, 2.24) is 9.55 Å². The molecule has 0 saturated carbocycles. The molecule has 2 heterocycles. The number of pyridine rings is 1. The number of aryl methyl sites for hydroxylation is 1. The lowest BCUT2D eigenvalue weighted by Gasteiger charge is -2.40. The molecule has 7 aromatic rings. The molecule has 242 valence electrons. The Labute approximate surface area is 298 Å². The van der Waals surface area contributed by atoms with Crippen molar-refractivity contribution in [3.63, 3.8) is 0 Å². The number of hydrogen-bond acceptors (Lipinski definition) is 1. The Hall–Kier alpha value is -6.25. The standard InChI is InChI=1S/C49H36N2/c1-3-4-18-36-32(2)50-27-26-38(36)33-24-25-41-43-29-46-42(30-48(43)51(47(41)28-33)35-16-7-5-8-17-35)37-19-12-11-15-34(37)31-49(46)44-22-10-6-9-20-39(44)40-21-13-14-23-45(40)49/h3-5,7-30H,1,6,31H2,2H3/b18-4-. The lowest BCUT2D eigenvalue weighted by Crippen LogP contribution is -2.34. The highest BCUT2D eigenvalue weighted by molar-refractivity contribution is 6.12. The number of fused-ring (bicyclic) bond motifs is 11. The highest BCUT2D eigenvalue weighted by atomic mass is 15.0. The van der Waals surface area contributed by atoms with Crippen LogP contribution in [-0.2, 0) is 11.8 Å². The van der Waals surface area contributed by atoms with E-state index in [0.29, 0.717) is 0 Å². The molecule has 2 aromatic heterocycles. The molecule has 0 N–H and O–H groups in total. The van der Waals surface area contributed by atoms with Crippen LogP contribution in [0.1, 0.15) is 39.9 Å². The van der Waals surface area contributed by atoms with E-state index >= 15 is 0 Å². The van der Waals surface area contributed by atoms with E-state index in [0.717, 1.165) is 40.9 Å². The van der Waals surface area contributed by atoms with Crippen molar-refractivity contribution in [2.45, 2.75) is 25.2 Å². The molecule has 3 aliphatic carbocycles. The van der Waals surface area contributed by atoms with Gasteiger partial charge in [-0.3, -0.25) is 4.98 Å². The monoisotopic (exact) mass is 652 g/mol. The van der Waals surface area contributed by atoms with Crippen molar-refractivity contribution in [2.75, 3.05) is 0 Å². The third-order valence-corrected chi connectivity index (χ3v) is 11.3. The quantitative estimate of drug-likeness (QED) is 0.173. The van der Waals surface area contributed by atoms with Gasteiger partial charge in [0.2, 0.25) is 0 Å². The Morgan fingerprint density at radius 1 is 0.706 bits per heavy atom. The van der Waals surface area contributed by atoms with Crippen LogP contribution in [0.3, 0.4) is 0 Å². The molecule has 51 heavy (non-hydrogen) atoms. The van der Waals surface area contributed by atoms with Crippen molar-refractivity contribution < 1.29 is 0 Å². The molecule has 1 spiro atoms. The molecule has 0 bridgehead atoms. The number of aromatic nitrogens is 2. The zero-order valence-electron chi connectivity index (χ0n) is 28.6. The predicted molar refractivity (Wildman–Crippen MR) is 214 cm³/mol. The molecule has 0 radical (unpaired) electrons. The lowest BCUT2D eigenvalue weighted by atomic mass is 9.62. The Morgan fingerprint density at radius 3 is 2.37 bits per heavy atom. The van der Waals surface area contributed by atoms with Gasteiger partial charge in [-0.25, -0.2) is 0 Å². The number of para-hydroxylation sites is 1. The Morgan fingerprint density at radius 2 is 1.49 bits per heavy atom. The molecular weight excluding hydrogens is 617 g/mol. The van der Waals surface area contributed by atoms with Crippen LogP contribution in [-0.4, -0.2) is 9.55 Å². The molecule has 2 nitrogen and oxygen atoms in total. The van der Waals surface area contributed by atoms with E-state index in [1.165, 1.54) is 66.3 Å². The molecule has 3 aliphatic rings. The Kier molecular flexibility index (Phi) is 6.63. The predicted octanol–water partition coefficient (Wildman–Crippen LogP) is 12.1. The van der Waals surface area contributed by atoms with Gasteiger partial charge in [0.25, 0.3) is 0 Å². The van der Waals surface area contributed by atoms with Gasteiger partial charge >= 0.3 is 0 Å². The van der Waals surface area contributed by atoms with E-state index in [1.807, 2.05) is 18.3 Å². The van der Waals surface area contributed by atoms with Crippen LogP contribution in [0.5, 0.6) is 0 Å². The summed E-state index contributed by atoms with van der Waals surface area (Å²) in [5.74, 6) is 0. The average molecular weight is 653 g/mol. The van der Waals surface area contributed by atoms with Gasteiger partial charge in [-0.15, -0.1) is 0 Å². The molecule has 0 saturated heterocycles. The molecular formula is C49H36N2. The molecule has 0 aliphatic heterocycles. The first kappa shape index (κ1) is 29.6. The minimum atomic E-state index is -0.295. The SMILES string of the molecule is C=C/C=C\c1c(-c2ccc3c4cc5c(cc4n(-c4ccccc4)c3c2)-c2ccccc2CC52C3=C(C=CCC=C3)c3ccccc32)ccnc1C. The normalized spacial score (nSPS) is 17.2. The minimum absolute atomic E-state index is 0.295. The van der Waals surface area contributed by atoms with Crippen LogP contribution >= 0.6 is 0 Å². The first-order chi connectivity index (χ1) is 25.2. The summed E-state index contributed by atoms with van der Waals surface area (Å²) in [6.45, 7) is 5.99. The highest BCUT2D eigenvalue weighted by Crippen LogP contribution is 2.59. The van der Waals surface area contributed by atoms with E-state index in [2.05, 4.69) is 169 Å². The smallest absolute Gasteiger partial charge is 0.0547 e. The summed E-state index contributed by atoms with van der Waals surface area (Å²) in [4.78, 5) is 4.62. The summed E-state index contributed by atoms with van der Waals surface area (Å²) < 4.78 is 2.47. The zero-order chi connectivity index (χ0) is 34.1. The molecule has 0 amide bonds. The van der Waals surface area contributed by atoms with Gasteiger partial charge in [-0.1, -0.05) is 128 Å². The minimum Gasteiger partial charge on any atom is -0.309 e. The van der Waals surface area contributed by atoms with Crippen molar-refractivity contribution in [1.29, 1.82) is 0 Å². The topological polar surface area (TPSA) is 17.8 Å². The summed E-state index contributed by atoms with van der Waals surface area (Å²) in [5, 5.41) is 2.52. The van der Waals surface area contributed by atoms with Gasteiger partial charge in [-0.05, 0) is 112 Å². The fraction of sp³-hybridized carbons (Fsp3) is 0.0816. The van der Waals surface area contributed by atoms with Crippen molar-refractivity contribution >= 4 is 33.5 Å². The van der Waals surface area contributed by atoms with E-state index in [1.54, 1.807) is 0 Å². The van der Waals surface area contributed by atoms with Gasteiger partial charge in [0.1, 0.15) is 0 Å². The van der Waals surface area contributed by atoms with Crippen molar-refractivity contribution in [2.24, 2.45) is 0 Å². The second-order valence-corrected chi connectivity index (χ2v) is 13.9. The summed E-state index contributed by atoms with van der Waals surface area (Å²) in [7, 11) is 0. The second-order valence-electron chi connectivity index (χ2n) is 13.9. The largest absolute Gasteiger partial charge is 0.309 e. The molecule has 2 heteroatoms. The zero-order valence-corrected chi connectivity index (χ0v) is 28.6. The van der Waals surface area contributed by atoms with E-state index < -0.39 is 0 Å². The maximum absolute atomic E-state index is 4.62. The van der Waals surface area contributed by atoms with Crippen LogP contribution in [0, 0.1) is 6.92 Å². The Bertz CT molecular complexity index is 2710. The third-order valence-electron chi connectivity index (χ3n) is 11.3. The highest BCUT2D eigenvalue weighted by Gasteiger charge is 2.48. The second kappa shape index (κ2) is 11.4. The van der Waals surface area contributed by atoms with Crippen molar-refractivity contribution in [3.8, 4) is 27.9 Å². The molecule has 5 aromatic carbocycles. The number of rotatable bonds is 4. The number of hydrogen-bond donors (Lipinski definition) is 0. The fourth-order valence-electron chi connectivity index (χ4n) is 9.14. The maximum Gasteiger partial charge on any atom is 0.0547 e. The van der Waals surface area contributed by atoms with Gasteiger partial charge in [0.15, 0.2) is 0 Å². The van der Waals surface area contributed by atoms with Crippen LogP contribution in [0.2, 0.25) is 0 Å². The lowest BCUT2D eigenvalue weighted by molar-refractivity contribution is 0.618. The first-order valence-electron chi connectivity index (χ1n) is 17.9. The number of benzene rings is 5. The van der Waals surface area contributed by atoms with Crippen LogP contribution in [0.4, 0.5) is 0 Å². The number of nitrogens with zero attached hydrogens (tertiary/aromatic N) is 2. The van der Waals surface area contributed by atoms with Crippen LogP contribution in [0.15, 0.2) is 170 Å². The van der Waals surface area contributed by atoms with Crippen LogP contribution < -0.4 is 0 Å². The van der Waals surface area contributed by atoms with Gasteiger partial charge in [-0.2, -0.15) is 0 Å². The van der Waals surface area contributed by atoms with E-state index in [-0.39, 0.29) is 5.41 Å². The molecule has 0 fully saturated rings. The van der Waals surface area contributed by atoms with Crippen molar-refractivity contribution in [3.05, 3.63) is 204 Å². The van der Waals surface area contributed by atoms with Crippen LogP contribution in [0.25, 0.3) is 61.4 Å². The first-order valence-corrected chi connectivity index (χ1v) is 17.9. The van der Waals surface area contributed by atoms with E-state index in [9.17, 15) is 0 Å². The van der Waals surface area contributed by atoms with Gasteiger partial charge in [0, 0.05) is 33.9 Å². The fourth-order valence-corrected chi connectivity index (χ4v) is 9.14. The molecule has 1 atom stereocenters. The third kappa shape index (κ3) is 4.26. The summed E-state index contributed by atoms with van der Waals surface area (Å²) in [6, 6.07) is 43.2. The molecule has 1 unspecified atom stereocenters. The summed E-state index contributed by atoms with van der Waals surface area (Å²) >= 11 is 0. The van der Waals surface area contributed by atoms with Gasteiger partial charge in [0.05, 0.1) is 16.4 Å².